The smallest absolute Gasteiger partial charge is 0.240 e. The van der Waals surface area contributed by atoms with Gasteiger partial charge in [0.15, 0.2) is 0 Å². The average Bonchev–Trinajstić information content (AvgIpc) is 3.01. The predicted octanol–water partition coefficient (Wildman–Crippen LogP) is 1.25. The molecule has 0 aliphatic carbocycles. The van der Waals surface area contributed by atoms with Gasteiger partial charge in [0.2, 0.25) is 11.9 Å². The second-order valence-electron chi connectivity index (χ2n) is 5.61. The van der Waals surface area contributed by atoms with Gasteiger partial charge in [0.25, 0.3) is 0 Å². The Hall–Kier alpha value is -1.40. The number of amides is 1. The highest BCUT2D eigenvalue weighted by atomic mass is 16.5. The van der Waals surface area contributed by atoms with Crippen molar-refractivity contribution >= 4 is 11.9 Å². The zero-order chi connectivity index (χ0) is 14.4. The van der Waals surface area contributed by atoms with Crippen molar-refractivity contribution in [2.75, 3.05) is 25.0 Å². The quantitative estimate of drug-likeness (QED) is 0.788. The van der Waals surface area contributed by atoms with Crippen molar-refractivity contribution in [3.8, 4) is 0 Å². The Morgan fingerprint density at radius 1 is 1.60 bits per heavy atom. The molecular weight excluding hydrogens is 256 g/mol. The second kappa shape index (κ2) is 7.40. The number of hydrogen-bond acceptors (Lipinski definition) is 4. The number of carbonyl (C=O) groups excluding carboxylic acids is 1. The van der Waals surface area contributed by atoms with Crippen molar-refractivity contribution in [3.05, 3.63) is 12.4 Å². The molecule has 0 spiro atoms. The van der Waals surface area contributed by atoms with Crippen LogP contribution in [-0.2, 0) is 16.1 Å². The minimum Gasteiger partial charge on any atom is -0.377 e. The molecule has 1 aromatic rings. The molecule has 1 unspecified atom stereocenters. The van der Waals surface area contributed by atoms with Crippen molar-refractivity contribution < 1.29 is 9.53 Å². The number of imidazole rings is 1. The molecule has 2 rings (SSSR count). The summed E-state index contributed by atoms with van der Waals surface area (Å²) in [6.07, 6.45) is 6.04. The first-order chi connectivity index (χ1) is 9.65. The van der Waals surface area contributed by atoms with Gasteiger partial charge in [-0.25, -0.2) is 4.98 Å². The summed E-state index contributed by atoms with van der Waals surface area (Å²) in [7, 11) is 0. The maximum absolute atomic E-state index is 11.9. The van der Waals surface area contributed by atoms with E-state index in [0.717, 1.165) is 32.5 Å². The van der Waals surface area contributed by atoms with Crippen molar-refractivity contribution in [3.63, 3.8) is 0 Å². The van der Waals surface area contributed by atoms with Crippen molar-refractivity contribution in [1.29, 1.82) is 0 Å². The third-order valence-corrected chi connectivity index (χ3v) is 3.21. The van der Waals surface area contributed by atoms with Crippen molar-refractivity contribution in [1.82, 2.24) is 14.9 Å². The maximum Gasteiger partial charge on any atom is 0.240 e. The average molecular weight is 280 g/mol. The molecule has 20 heavy (non-hydrogen) atoms. The van der Waals surface area contributed by atoms with Gasteiger partial charge in [-0.05, 0) is 18.8 Å². The maximum atomic E-state index is 11.9. The molecule has 1 aliphatic rings. The molecule has 2 N–H and O–H groups in total. The van der Waals surface area contributed by atoms with E-state index in [1.54, 1.807) is 6.20 Å². The third-order valence-electron chi connectivity index (χ3n) is 3.21. The zero-order valence-corrected chi connectivity index (χ0v) is 12.3. The molecule has 2 heterocycles. The lowest BCUT2D eigenvalue weighted by atomic mass is 10.2. The lowest BCUT2D eigenvalue weighted by Gasteiger charge is -2.12. The van der Waals surface area contributed by atoms with Crippen LogP contribution in [0.2, 0.25) is 0 Å². The first-order valence-electron chi connectivity index (χ1n) is 7.28. The lowest BCUT2D eigenvalue weighted by Crippen LogP contribution is -2.34. The van der Waals surface area contributed by atoms with Crippen LogP contribution in [0.3, 0.4) is 0 Å². The Bertz CT molecular complexity index is 425. The van der Waals surface area contributed by atoms with Gasteiger partial charge in [0, 0.05) is 32.1 Å². The van der Waals surface area contributed by atoms with E-state index in [2.05, 4.69) is 29.5 Å². The molecule has 0 saturated carbocycles. The van der Waals surface area contributed by atoms with Gasteiger partial charge in [-0.1, -0.05) is 13.8 Å². The summed E-state index contributed by atoms with van der Waals surface area (Å²) in [6.45, 7) is 6.97. The number of nitrogens with one attached hydrogen (secondary N) is 2. The van der Waals surface area contributed by atoms with Crippen LogP contribution in [0.4, 0.5) is 5.95 Å². The summed E-state index contributed by atoms with van der Waals surface area (Å²) < 4.78 is 7.45. The number of anilines is 1. The molecule has 6 nitrogen and oxygen atoms in total. The molecule has 1 saturated heterocycles. The molecule has 0 radical (unpaired) electrons. The van der Waals surface area contributed by atoms with Crippen LogP contribution in [0.5, 0.6) is 0 Å². The van der Waals surface area contributed by atoms with E-state index in [4.69, 9.17) is 4.74 Å². The van der Waals surface area contributed by atoms with Crippen LogP contribution in [-0.4, -0.2) is 41.3 Å². The van der Waals surface area contributed by atoms with Crippen LogP contribution in [0.15, 0.2) is 12.4 Å². The van der Waals surface area contributed by atoms with E-state index in [-0.39, 0.29) is 18.6 Å². The fourth-order valence-corrected chi connectivity index (χ4v) is 2.29. The normalized spacial score (nSPS) is 18.6. The lowest BCUT2D eigenvalue weighted by molar-refractivity contribution is -0.115. The van der Waals surface area contributed by atoms with Gasteiger partial charge in [-0.2, -0.15) is 0 Å². The summed E-state index contributed by atoms with van der Waals surface area (Å²) >= 11 is 0. The highest BCUT2D eigenvalue weighted by Gasteiger charge is 2.15. The highest BCUT2D eigenvalue weighted by Crippen LogP contribution is 2.10. The fraction of sp³-hybridized carbons (Fsp3) is 0.714. The summed E-state index contributed by atoms with van der Waals surface area (Å²) in [5, 5.41) is 5.96. The molecule has 1 fully saturated rings. The largest absolute Gasteiger partial charge is 0.377 e. The van der Waals surface area contributed by atoms with Crippen molar-refractivity contribution in [2.24, 2.45) is 5.92 Å². The topological polar surface area (TPSA) is 68.2 Å². The molecule has 1 atom stereocenters. The Kier molecular flexibility index (Phi) is 5.55. The Balaban J connectivity index is 1.72. The Morgan fingerprint density at radius 2 is 2.45 bits per heavy atom. The number of rotatable bonds is 7. The molecule has 0 aromatic carbocycles. The summed E-state index contributed by atoms with van der Waals surface area (Å²) in [6, 6.07) is 0. The van der Waals surface area contributed by atoms with Crippen LogP contribution in [0.25, 0.3) is 0 Å². The van der Waals surface area contributed by atoms with Gasteiger partial charge < -0.3 is 14.6 Å². The van der Waals surface area contributed by atoms with Gasteiger partial charge >= 0.3 is 0 Å². The second-order valence-corrected chi connectivity index (χ2v) is 5.61. The van der Waals surface area contributed by atoms with Gasteiger partial charge in [-0.3, -0.25) is 10.1 Å². The van der Waals surface area contributed by atoms with Crippen LogP contribution < -0.4 is 10.6 Å². The van der Waals surface area contributed by atoms with Crippen LogP contribution in [0, 0.1) is 5.92 Å². The number of carbonyl (C=O) groups is 1. The Morgan fingerprint density at radius 3 is 3.15 bits per heavy atom. The van der Waals surface area contributed by atoms with E-state index < -0.39 is 0 Å². The van der Waals surface area contributed by atoms with E-state index in [0.29, 0.717) is 11.9 Å². The molecule has 1 aromatic heterocycles. The van der Waals surface area contributed by atoms with Crippen LogP contribution >= 0.6 is 0 Å². The summed E-state index contributed by atoms with van der Waals surface area (Å²) in [4.78, 5) is 16.0. The van der Waals surface area contributed by atoms with Gasteiger partial charge in [0.05, 0.1) is 12.6 Å². The summed E-state index contributed by atoms with van der Waals surface area (Å²) in [5.74, 6) is 1.05. The van der Waals surface area contributed by atoms with Gasteiger partial charge in [0.1, 0.15) is 0 Å². The van der Waals surface area contributed by atoms with Crippen molar-refractivity contribution in [2.45, 2.75) is 39.3 Å². The molecule has 112 valence electrons. The standard InChI is InChI=1S/C14H24N4O2/c1-11(2)10-18-6-5-16-14(18)17-13(19)9-15-8-12-4-3-7-20-12/h5-6,11-12,15H,3-4,7-10H2,1-2H3,(H,16,17,19). The minimum absolute atomic E-state index is 0.0702. The summed E-state index contributed by atoms with van der Waals surface area (Å²) in [5.41, 5.74) is 0. The van der Waals surface area contributed by atoms with E-state index >= 15 is 0 Å². The van der Waals surface area contributed by atoms with E-state index in [1.165, 1.54) is 0 Å². The molecular formula is C14H24N4O2. The molecule has 1 amide bonds. The van der Waals surface area contributed by atoms with Crippen LogP contribution in [0.1, 0.15) is 26.7 Å². The molecule has 6 heteroatoms. The first-order valence-corrected chi connectivity index (χ1v) is 7.28. The first kappa shape index (κ1) is 15.0. The predicted molar refractivity (Wildman–Crippen MR) is 77.5 cm³/mol. The Labute approximate surface area is 119 Å². The number of nitrogens with zero attached hydrogens (tertiary/aromatic N) is 2. The number of ether oxygens (including phenoxy) is 1. The third kappa shape index (κ3) is 4.61. The number of hydrogen-bond donors (Lipinski definition) is 2. The van der Waals surface area contributed by atoms with E-state index in [1.807, 2.05) is 10.8 Å². The number of aromatic nitrogens is 2. The SMILES string of the molecule is CC(C)Cn1ccnc1NC(=O)CNCC1CCCO1. The zero-order valence-electron chi connectivity index (χ0n) is 12.3. The molecule has 1 aliphatic heterocycles. The van der Waals surface area contributed by atoms with E-state index in [9.17, 15) is 4.79 Å². The van der Waals surface area contributed by atoms with Gasteiger partial charge in [-0.15, -0.1) is 0 Å². The highest BCUT2D eigenvalue weighted by molar-refractivity contribution is 5.90. The fourth-order valence-electron chi connectivity index (χ4n) is 2.29. The molecule has 0 bridgehead atoms. The monoisotopic (exact) mass is 280 g/mol. The minimum atomic E-state index is -0.0702.